The second-order valence-corrected chi connectivity index (χ2v) is 19.6. The molecule has 0 saturated heterocycles. The highest BCUT2D eigenvalue weighted by atomic mass is 79.9. The number of H-pyrrole nitrogens is 1. The average molecular weight is 1030 g/mol. The van der Waals surface area contributed by atoms with Gasteiger partial charge in [0.1, 0.15) is 23.0 Å². The van der Waals surface area contributed by atoms with Gasteiger partial charge in [0, 0.05) is 57.5 Å². The highest BCUT2D eigenvalue weighted by molar-refractivity contribution is 9.09. The Morgan fingerprint density at radius 1 is 0.537 bits per heavy atom. The first-order valence-electron chi connectivity index (χ1n) is 21.7. The van der Waals surface area contributed by atoms with Crippen LogP contribution in [0, 0.1) is 0 Å². The van der Waals surface area contributed by atoms with Crippen LogP contribution in [0.15, 0.2) is 132 Å². The van der Waals surface area contributed by atoms with Crippen molar-refractivity contribution in [1.29, 1.82) is 0 Å². The van der Waals surface area contributed by atoms with Gasteiger partial charge in [-0.2, -0.15) is 18.8 Å². The molecule has 0 aliphatic carbocycles. The van der Waals surface area contributed by atoms with Crippen molar-refractivity contribution in [2.24, 2.45) is 0 Å². The van der Waals surface area contributed by atoms with Crippen LogP contribution in [0.2, 0.25) is 0 Å². The molecule has 0 aliphatic rings. The Morgan fingerprint density at radius 2 is 0.925 bits per heavy atom. The van der Waals surface area contributed by atoms with E-state index in [1.165, 1.54) is 33.4 Å². The Balaban J connectivity index is 0.000000260. The van der Waals surface area contributed by atoms with Crippen LogP contribution >= 0.6 is 15.9 Å². The van der Waals surface area contributed by atoms with Gasteiger partial charge in [-0.1, -0.05) is 70.9 Å². The number of aliphatic hydroxyl groups excluding tert-OH is 2. The second kappa shape index (κ2) is 28.8. The van der Waals surface area contributed by atoms with Crippen molar-refractivity contribution in [1.82, 2.24) is 28.6 Å². The fourth-order valence-electron chi connectivity index (χ4n) is 6.40. The van der Waals surface area contributed by atoms with Crippen LogP contribution in [0.4, 0.5) is 0 Å². The van der Waals surface area contributed by atoms with Crippen molar-refractivity contribution in [3.05, 3.63) is 144 Å². The number of ether oxygens (including phenoxy) is 4. The van der Waals surface area contributed by atoms with Crippen molar-refractivity contribution in [3.63, 3.8) is 0 Å². The first kappa shape index (κ1) is 54.3. The summed E-state index contributed by atoms with van der Waals surface area (Å²) < 4.78 is 78.4. The number of aromatic nitrogens is 4. The lowest BCUT2D eigenvalue weighted by molar-refractivity contribution is 0.281. The lowest BCUT2D eigenvalue weighted by atomic mass is 10.2. The van der Waals surface area contributed by atoms with Crippen LogP contribution in [-0.4, -0.2) is 103 Å². The van der Waals surface area contributed by atoms with Crippen LogP contribution in [0.25, 0.3) is 0 Å². The monoisotopic (exact) mass is 1030 g/mol. The number of rotatable bonds is 25. The summed E-state index contributed by atoms with van der Waals surface area (Å²) in [5.41, 5.74) is 3.40. The topological polar surface area (TPSA) is 199 Å². The summed E-state index contributed by atoms with van der Waals surface area (Å²) in [6, 6.07) is 32.3. The van der Waals surface area contributed by atoms with Crippen LogP contribution in [-0.2, 0) is 52.8 Å². The summed E-state index contributed by atoms with van der Waals surface area (Å²) in [6.45, 7) is 1.93. The summed E-state index contributed by atoms with van der Waals surface area (Å²) in [5.74, 6) is 2.86. The number of alkyl halides is 1. The maximum atomic E-state index is 13.5. The van der Waals surface area contributed by atoms with Gasteiger partial charge in [0.25, 0.3) is 20.0 Å². The van der Waals surface area contributed by atoms with Crippen LogP contribution in [0.3, 0.4) is 0 Å². The van der Waals surface area contributed by atoms with E-state index in [9.17, 15) is 16.8 Å². The molecule has 2 heterocycles. The summed E-state index contributed by atoms with van der Waals surface area (Å²) in [7, 11) is -1.21. The van der Waals surface area contributed by atoms with E-state index < -0.39 is 20.0 Å². The van der Waals surface area contributed by atoms with Crippen LogP contribution in [0.1, 0.15) is 60.8 Å². The highest BCUT2D eigenvalue weighted by Crippen LogP contribution is 2.24. The van der Waals surface area contributed by atoms with E-state index >= 15 is 0 Å². The maximum absolute atomic E-state index is 13.5. The zero-order chi connectivity index (χ0) is 48.5. The Morgan fingerprint density at radius 3 is 1.27 bits per heavy atom. The van der Waals surface area contributed by atoms with Crippen molar-refractivity contribution >= 4 is 36.0 Å². The Hall–Kier alpha value is -5.28. The van der Waals surface area contributed by atoms with Gasteiger partial charge in [-0.25, -0.2) is 16.8 Å². The molecule has 0 unspecified atom stereocenters. The van der Waals surface area contributed by atoms with Crippen molar-refractivity contribution in [2.45, 2.75) is 81.3 Å². The molecule has 16 nitrogen and oxygen atoms in total. The standard InChI is InChI=1S/C24H31N3O5S.C19H21N3O4S.C5H11BrO/c1-31-22-10-6-20(7-11-22)18-27(19-21-8-12-23(32-2)13-9-21)33(29,30)24-14-16-26(25-24)15-4-3-5-17-28;1-25-17-7-3-15(4-8-17)13-22(27(23,24)19-11-12-20-21-19)14-16-5-9-18(26-2)10-6-16;6-4-2-1-3-5-7/h6-14,16,28H,3-5,15,17-19H2,1-2H3;3-12H,13-14H2,1-2H3,(H,20,21);7H,1-5H2. The minimum Gasteiger partial charge on any atom is -0.497 e. The molecular weight excluding hydrogens is 965 g/mol. The first-order chi connectivity index (χ1) is 32.4. The first-order valence-corrected chi connectivity index (χ1v) is 25.7. The number of nitrogens with zero attached hydrogens (tertiary/aromatic N) is 5. The fourth-order valence-corrected chi connectivity index (χ4v) is 9.46. The lowest BCUT2D eigenvalue weighted by Crippen LogP contribution is -2.30. The molecule has 0 atom stereocenters. The molecule has 4 aromatic carbocycles. The molecule has 0 fully saturated rings. The molecule has 0 saturated carbocycles. The van der Waals surface area contributed by atoms with Gasteiger partial charge in [-0.05, 0) is 115 Å². The number of aryl methyl sites for hydroxylation is 1. The molecular formula is C48H63BrN6O10S2. The molecule has 0 amide bonds. The number of aliphatic hydroxyl groups is 2. The Labute approximate surface area is 403 Å². The van der Waals surface area contributed by atoms with Crippen molar-refractivity contribution in [3.8, 4) is 23.0 Å². The number of hydrogen-bond acceptors (Lipinski definition) is 12. The number of hydrogen-bond donors (Lipinski definition) is 3. The molecule has 6 aromatic rings. The van der Waals surface area contributed by atoms with E-state index in [-0.39, 0.29) is 42.8 Å². The molecule has 0 aliphatic heterocycles. The second-order valence-electron chi connectivity index (χ2n) is 15.0. The van der Waals surface area contributed by atoms with Crippen LogP contribution < -0.4 is 18.9 Å². The average Bonchev–Trinajstić information content (AvgIpc) is 4.09. The number of methoxy groups -OCH3 is 4. The van der Waals surface area contributed by atoms with E-state index in [1.54, 1.807) is 39.3 Å². The van der Waals surface area contributed by atoms with Gasteiger partial charge in [-0.15, -0.1) is 0 Å². The van der Waals surface area contributed by atoms with Crippen molar-refractivity contribution < 1.29 is 46.0 Å². The number of nitrogens with one attached hydrogen (secondary N) is 1. The minimum atomic E-state index is -3.84. The van der Waals surface area contributed by atoms with Gasteiger partial charge in [0.2, 0.25) is 0 Å². The third kappa shape index (κ3) is 17.7. The summed E-state index contributed by atoms with van der Waals surface area (Å²) in [6.07, 6.45) is 8.79. The fraction of sp³-hybridized carbons (Fsp3) is 0.375. The van der Waals surface area contributed by atoms with Crippen LogP contribution in [0.5, 0.6) is 23.0 Å². The molecule has 0 spiro atoms. The highest BCUT2D eigenvalue weighted by Gasteiger charge is 2.28. The number of benzene rings is 4. The SMILES string of the molecule is COc1ccc(CN(Cc2ccc(OC)cc2)S(=O)(=O)c2ccn(CCCCCO)n2)cc1.COc1ccc(CN(Cc2ccc(OC)cc2)S(=O)(=O)c2ccn[nH]2)cc1.OCCCCCBr. The van der Waals surface area contributed by atoms with Gasteiger partial charge in [0.05, 0.1) is 34.6 Å². The predicted molar refractivity (Wildman–Crippen MR) is 261 cm³/mol. The van der Waals surface area contributed by atoms with Crippen molar-refractivity contribution in [2.75, 3.05) is 47.0 Å². The largest absolute Gasteiger partial charge is 0.497 e. The Bertz CT molecular complexity index is 2390. The smallest absolute Gasteiger partial charge is 0.262 e. The molecule has 0 radical (unpaired) electrons. The van der Waals surface area contributed by atoms with E-state index in [0.29, 0.717) is 24.7 Å². The molecule has 3 N–H and O–H groups in total. The predicted octanol–water partition coefficient (Wildman–Crippen LogP) is 7.82. The summed E-state index contributed by atoms with van der Waals surface area (Å²) in [5, 5.41) is 29.0. The van der Waals surface area contributed by atoms with E-state index in [2.05, 4.69) is 31.2 Å². The van der Waals surface area contributed by atoms with E-state index in [4.69, 9.17) is 29.2 Å². The molecule has 2 aromatic heterocycles. The third-order valence-electron chi connectivity index (χ3n) is 10.2. The summed E-state index contributed by atoms with van der Waals surface area (Å²) in [4.78, 5) is 0. The minimum absolute atomic E-state index is 0.0201. The number of halogens is 1. The molecule has 0 bridgehead atoms. The third-order valence-corrected chi connectivity index (χ3v) is 14.2. The normalized spacial score (nSPS) is 11.4. The zero-order valence-corrected chi connectivity index (χ0v) is 41.8. The number of unbranched alkanes of at least 4 members (excludes halogenated alkanes) is 4. The maximum Gasteiger partial charge on any atom is 0.262 e. The number of sulfonamides is 2. The zero-order valence-electron chi connectivity index (χ0n) is 38.5. The summed E-state index contributed by atoms with van der Waals surface area (Å²) >= 11 is 3.30. The quantitative estimate of drug-likeness (QED) is 0.0372. The molecule has 67 heavy (non-hydrogen) atoms. The Kier molecular flexibility index (Phi) is 23.3. The molecule has 364 valence electrons. The van der Waals surface area contributed by atoms with E-state index in [1.807, 2.05) is 97.1 Å². The molecule has 6 rings (SSSR count). The van der Waals surface area contributed by atoms with Gasteiger partial charge in [-0.3, -0.25) is 9.78 Å². The van der Waals surface area contributed by atoms with Gasteiger partial charge >= 0.3 is 0 Å². The van der Waals surface area contributed by atoms with Gasteiger partial charge in [0.15, 0.2) is 10.1 Å². The van der Waals surface area contributed by atoms with E-state index in [0.717, 1.165) is 71.2 Å². The molecule has 19 heteroatoms. The van der Waals surface area contributed by atoms with Gasteiger partial charge < -0.3 is 29.2 Å². The number of aromatic amines is 1. The lowest BCUT2D eigenvalue weighted by Gasteiger charge is -2.22.